The maximum absolute atomic E-state index is 11.7. The molecule has 4 heteroatoms. The van der Waals surface area contributed by atoms with Crippen molar-refractivity contribution in [3.63, 3.8) is 0 Å². The van der Waals surface area contributed by atoms with Crippen LogP contribution < -0.4 is 0 Å². The molecule has 1 rings (SSSR count). The third-order valence-electron chi connectivity index (χ3n) is 2.56. The van der Waals surface area contributed by atoms with Gasteiger partial charge in [0, 0.05) is 13.5 Å². The van der Waals surface area contributed by atoms with E-state index in [9.17, 15) is 14.4 Å². The maximum Gasteiger partial charge on any atom is 0.222 e. The zero-order valence-electron chi connectivity index (χ0n) is 9.92. The molecule has 0 saturated carbocycles. The van der Waals surface area contributed by atoms with Crippen molar-refractivity contribution in [3.05, 3.63) is 35.9 Å². The molecule has 1 atom stereocenters. The third-order valence-corrected chi connectivity index (χ3v) is 2.56. The number of aldehydes is 1. The van der Waals surface area contributed by atoms with Crippen LogP contribution >= 0.6 is 0 Å². The highest BCUT2D eigenvalue weighted by molar-refractivity contribution is 6.27. The van der Waals surface area contributed by atoms with E-state index < -0.39 is 11.8 Å². The minimum absolute atomic E-state index is 0.225. The number of nitrogens with zero attached hydrogens (tertiary/aromatic N) is 1. The molecule has 0 fully saturated rings. The Morgan fingerprint density at radius 1 is 1.29 bits per heavy atom. The van der Waals surface area contributed by atoms with Gasteiger partial charge in [-0.1, -0.05) is 30.3 Å². The van der Waals surface area contributed by atoms with E-state index in [2.05, 4.69) is 0 Å². The number of hydrogen-bond acceptors (Lipinski definition) is 3. The number of amides is 1. The van der Waals surface area contributed by atoms with Crippen LogP contribution in [0.3, 0.4) is 0 Å². The molecule has 4 nitrogen and oxygen atoms in total. The largest absolute Gasteiger partial charge is 0.329 e. The average Bonchev–Trinajstić information content (AvgIpc) is 2.35. The van der Waals surface area contributed by atoms with Crippen LogP contribution in [0.1, 0.15) is 25.5 Å². The quantitative estimate of drug-likeness (QED) is 0.570. The van der Waals surface area contributed by atoms with E-state index in [1.54, 1.807) is 31.2 Å². The fourth-order valence-corrected chi connectivity index (χ4v) is 1.78. The lowest BCUT2D eigenvalue weighted by Crippen LogP contribution is -2.37. The molecule has 1 aromatic carbocycles. The molecule has 17 heavy (non-hydrogen) atoms. The molecule has 1 amide bonds. The minimum atomic E-state index is -0.809. The van der Waals surface area contributed by atoms with Gasteiger partial charge in [0.05, 0.1) is 0 Å². The van der Waals surface area contributed by atoms with E-state index in [1.165, 1.54) is 11.8 Å². The first kappa shape index (κ1) is 13.1. The Balaban J connectivity index is 3.16. The molecule has 0 heterocycles. The maximum atomic E-state index is 11.7. The highest BCUT2D eigenvalue weighted by atomic mass is 16.2. The highest BCUT2D eigenvalue weighted by Gasteiger charge is 2.27. The first-order chi connectivity index (χ1) is 8.11. The lowest BCUT2D eigenvalue weighted by molar-refractivity contribution is -0.140. The van der Waals surface area contributed by atoms with Gasteiger partial charge in [0.15, 0.2) is 6.29 Å². The van der Waals surface area contributed by atoms with Gasteiger partial charge in [0.2, 0.25) is 11.7 Å². The number of benzene rings is 1. The van der Waals surface area contributed by atoms with E-state index in [0.717, 1.165) is 0 Å². The predicted octanol–water partition coefficient (Wildman–Crippen LogP) is 1.36. The molecule has 0 bridgehead atoms. The normalized spacial score (nSPS) is 11.6. The SMILES string of the molecule is CCN(C(C)=O)C(C(=O)C=O)c1ccccc1. The molecule has 0 saturated heterocycles. The number of hydrogen-bond donors (Lipinski definition) is 0. The number of rotatable bonds is 5. The van der Waals surface area contributed by atoms with Crippen LogP contribution in [0, 0.1) is 0 Å². The Labute approximate surface area is 100 Å². The molecule has 0 aromatic heterocycles. The van der Waals surface area contributed by atoms with Crippen molar-refractivity contribution in [1.29, 1.82) is 0 Å². The smallest absolute Gasteiger partial charge is 0.222 e. The van der Waals surface area contributed by atoms with Gasteiger partial charge < -0.3 is 4.90 Å². The predicted molar refractivity (Wildman–Crippen MR) is 63.3 cm³/mol. The summed E-state index contributed by atoms with van der Waals surface area (Å²) in [7, 11) is 0. The second-order valence-electron chi connectivity index (χ2n) is 3.64. The van der Waals surface area contributed by atoms with Crippen LogP contribution in [0.5, 0.6) is 0 Å². The molecule has 0 N–H and O–H groups in total. The van der Waals surface area contributed by atoms with E-state index in [0.29, 0.717) is 12.1 Å². The highest BCUT2D eigenvalue weighted by Crippen LogP contribution is 2.21. The standard InChI is InChI=1S/C13H15NO3/c1-3-14(10(2)16)13(12(17)9-15)11-7-5-4-6-8-11/h4-9,13H,3H2,1-2H3. The Hall–Kier alpha value is -1.97. The van der Waals surface area contributed by atoms with Crippen LogP contribution in [0.4, 0.5) is 0 Å². The van der Waals surface area contributed by atoms with Gasteiger partial charge in [-0.05, 0) is 12.5 Å². The van der Waals surface area contributed by atoms with Crippen molar-refractivity contribution in [2.24, 2.45) is 0 Å². The molecule has 1 aromatic rings. The van der Waals surface area contributed by atoms with Gasteiger partial charge in [-0.2, -0.15) is 0 Å². The van der Waals surface area contributed by atoms with Crippen LogP contribution in [0.25, 0.3) is 0 Å². The summed E-state index contributed by atoms with van der Waals surface area (Å²) in [6.45, 7) is 3.54. The summed E-state index contributed by atoms with van der Waals surface area (Å²) in [6, 6.07) is 8.02. The van der Waals surface area contributed by atoms with Crippen molar-refractivity contribution in [2.45, 2.75) is 19.9 Å². The van der Waals surface area contributed by atoms with Gasteiger partial charge in [-0.15, -0.1) is 0 Å². The van der Waals surface area contributed by atoms with Crippen molar-refractivity contribution >= 4 is 18.0 Å². The number of Topliss-reactive ketones (excluding diaryl/α,β-unsaturated/α-hetero) is 1. The summed E-state index contributed by atoms with van der Waals surface area (Å²) in [4.78, 5) is 35.2. The molecule has 1 unspecified atom stereocenters. The molecular weight excluding hydrogens is 218 g/mol. The van der Waals surface area contributed by atoms with Crippen LogP contribution in [0.2, 0.25) is 0 Å². The van der Waals surface area contributed by atoms with Crippen molar-refractivity contribution < 1.29 is 14.4 Å². The van der Waals surface area contributed by atoms with Crippen molar-refractivity contribution in [3.8, 4) is 0 Å². The zero-order valence-corrected chi connectivity index (χ0v) is 9.92. The summed E-state index contributed by atoms with van der Waals surface area (Å²) in [5.74, 6) is -0.829. The first-order valence-electron chi connectivity index (χ1n) is 5.43. The van der Waals surface area contributed by atoms with Gasteiger partial charge in [-0.25, -0.2) is 0 Å². The molecule has 0 aliphatic rings. The summed E-state index contributed by atoms with van der Waals surface area (Å²) in [6.07, 6.45) is 0.267. The number of carbonyl (C=O) groups excluding carboxylic acids is 3. The number of ketones is 1. The first-order valence-corrected chi connectivity index (χ1v) is 5.43. The molecule has 0 spiro atoms. The fourth-order valence-electron chi connectivity index (χ4n) is 1.78. The molecule has 0 aliphatic heterocycles. The second kappa shape index (κ2) is 5.94. The van der Waals surface area contributed by atoms with Crippen LogP contribution in [-0.2, 0) is 14.4 Å². The zero-order chi connectivity index (χ0) is 12.8. The Bertz CT molecular complexity index is 414. The van der Waals surface area contributed by atoms with Crippen LogP contribution in [-0.4, -0.2) is 29.4 Å². The Morgan fingerprint density at radius 3 is 2.29 bits per heavy atom. The number of likely N-dealkylation sites (N-methyl/N-ethyl adjacent to an activating group) is 1. The average molecular weight is 233 g/mol. The van der Waals surface area contributed by atoms with E-state index >= 15 is 0 Å². The summed E-state index contributed by atoms with van der Waals surface area (Å²) < 4.78 is 0. The topological polar surface area (TPSA) is 54.5 Å². The summed E-state index contributed by atoms with van der Waals surface area (Å²) in [5.41, 5.74) is 0.654. The minimum Gasteiger partial charge on any atom is -0.329 e. The summed E-state index contributed by atoms with van der Waals surface area (Å²) >= 11 is 0. The Morgan fingerprint density at radius 2 is 1.88 bits per heavy atom. The lowest BCUT2D eigenvalue weighted by Gasteiger charge is -2.27. The van der Waals surface area contributed by atoms with Gasteiger partial charge in [-0.3, -0.25) is 14.4 Å². The lowest BCUT2D eigenvalue weighted by atomic mass is 10.0. The fraction of sp³-hybridized carbons (Fsp3) is 0.308. The van der Waals surface area contributed by atoms with Crippen LogP contribution in [0.15, 0.2) is 30.3 Å². The van der Waals surface area contributed by atoms with Gasteiger partial charge >= 0.3 is 0 Å². The van der Waals surface area contributed by atoms with Gasteiger partial charge in [0.25, 0.3) is 0 Å². The second-order valence-corrected chi connectivity index (χ2v) is 3.64. The van der Waals surface area contributed by atoms with E-state index in [1.807, 2.05) is 6.07 Å². The van der Waals surface area contributed by atoms with Gasteiger partial charge in [0.1, 0.15) is 6.04 Å². The van der Waals surface area contributed by atoms with E-state index in [-0.39, 0.29) is 12.2 Å². The van der Waals surface area contributed by atoms with Crippen molar-refractivity contribution in [1.82, 2.24) is 4.90 Å². The Kier molecular flexibility index (Phi) is 4.57. The number of carbonyl (C=O) groups is 3. The summed E-state index contributed by atoms with van der Waals surface area (Å²) in [5, 5.41) is 0. The molecular formula is C13H15NO3. The van der Waals surface area contributed by atoms with E-state index in [4.69, 9.17) is 0 Å². The molecule has 0 radical (unpaired) electrons. The van der Waals surface area contributed by atoms with Crippen molar-refractivity contribution in [2.75, 3.05) is 6.54 Å². The molecule has 0 aliphatic carbocycles. The third kappa shape index (κ3) is 3.00. The monoisotopic (exact) mass is 233 g/mol. The molecule has 90 valence electrons.